The number of hydrogen-bond acceptors (Lipinski definition) is 1. The molecule has 0 rings (SSSR count). The molecule has 0 saturated carbocycles. The van der Waals surface area contributed by atoms with E-state index in [2.05, 4.69) is 6.92 Å². The van der Waals surface area contributed by atoms with E-state index in [-0.39, 0.29) is 6.10 Å². The van der Waals surface area contributed by atoms with E-state index in [4.69, 9.17) is 16.7 Å². The lowest BCUT2D eigenvalue weighted by atomic mass is 10.2. The van der Waals surface area contributed by atoms with Crippen molar-refractivity contribution in [2.45, 2.75) is 25.4 Å². The standard InChI is InChI=1S/C6H12ClO/c1-2-3-6(8)4-5-7/h6,8H,1-5H2. The molecule has 0 bridgehead atoms. The molecule has 49 valence electrons. The summed E-state index contributed by atoms with van der Waals surface area (Å²) >= 11 is 5.35. The molecule has 0 amide bonds. The number of aliphatic hydroxyl groups excluding tert-OH is 1. The molecule has 1 unspecified atom stereocenters. The number of aliphatic hydroxyl groups is 1. The second-order valence-electron chi connectivity index (χ2n) is 1.77. The lowest BCUT2D eigenvalue weighted by Crippen LogP contribution is -2.05. The first-order chi connectivity index (χ1) is 3.81. The Morgan fingerprint density at radius 2 is 2.12 bits per heavy atom. The zero-order valence-corrected chi connectivity index (χ0v) is 5.69. The van der Waals surface area contributed by atoms with Gasteiger partial charge in [0.25, 0.3) is 0 Å². The Bertz CT molecular complexity index is 41.8. The minimum absolute atomic E-state index is 0.231. The van der Waals surface area contributed by atoms with Crippen LogP contribution in [0.25, 0.3) is 0 Å². The van der Waals surface area contributed by atoms with Crippen LogP contribution in [0.4, 0.5) is 0 Å². The second kappa shape index (κ2) is 5.39. The molecule has 1 N–H and O–H groups in total. The van der Waals surface area contributed by atoms with E-state index in [1.165, 1.54) is 0 Å². The van der Waals surface area contributed by atoms with Crippen molar-refractivity contribution >= 4 is 11.6 Å². The first-order valence-electron chi connectivity index (χ1n) is 2.84. The van der Waals surface area contributed by atoms with Crippen molar-refractivity contribution in [1.82, 2.24) is 0 Å². The summed E-state index contributed by atoms with van der Waals surface area (Å²) in [5, 5.41) is 8.92. The molecule has 0 heterocycles. The molecular weight excluding hydrogens is 124 g/mol. The topological polar surface area (TPSA) is 20.2 Å². The highest BCUT2D eigenvalue weighted by Crippen LogP contribution is 2.00. The van der Waals surface area contributed by atoms with E-state index < -0.39 is 0 Å². The number of rotatable bonds is 4. The maximum Gasteiger partial charge on any atom is 0.0551 e. The van der Waals surface area contributed by atoms with Crippen LogP contribution in [0.2, 0.25) is 0 Å². The highest BCUT2D eigenvalue weighted by molar-refractivity contribution is 6.17. The van der Waals surface area contributed by atoms with Gasteiger partial charge < -0.3 is 5.11 Å². The zero-order valence-electron chi connectivity index (χ0n) is 4.94. The molecular formula is C6H12ClO. The van der Waals surface area contributed by atoms with Crippen molar-refractivity contribution in [3.8, 4) is 0 Å². The molecule has 8 heavy (non-hydrogen) atoms. The van der Waals surface area contributed by atoms with E-state index in [9.17, 15) is 0 Å². The minimum atomic E-state index is -0.231. The van der Waals surface area contributed by atoms with Gasteiger partial charge in [-0.1, -0.05) is 13.3 Å². The highest BCUT2D eigenvalue weighted by Gasteiger charge is 1.98. The van der Waals surface area contributed by atoms with Gasteiger partial charge in [-0.2, -0.15) is 0 Å². The average Bonchev–Trinajstić information content (AvgIpc) is 1.68. The summed E-state index contributed by atoms with van der Waals surface area (Å²) in [6.45, 7) is 3.60. The summed E-state index contributed by atoms with van der Waals surface area (Å²) < 4.78 is 0. The van der Waals surface area contributed by atoms with Crippen LogP contribution in [0, 0.1) is 6.92 Å². The Morgan fingerprint density at radius 3 is 2.50 bits per heavy atom. The molecule has 0 aromatic heterocycles. The van der Waals surface area contributed by atoms with Crippen molar-refractivity contribution < 1.29 is 5.11 Å². The largest absolute Gasteiger partial charge is 0.393 e. The SMILES string of the molecule is [CH2]CCC(O)CCCl. The molecule has 1 atom stereocenters. The minimum Gasteiger partial charge on any atom is -0.393 e. The van der Waals surface area contributed by atoms with Crippen molar-refractivity contribution in [3.05, 3.63) is 6.92 Å². The van der Waals surface area contributed by atoms with E-state index in [0.29, 0.717) is 12.3 Å². The van der Waals surface area contributed by atoms with Crippen LogP contribution in [0.1, 0.15) is 19.3 Å². The molecule has 0 aromatic carbocycles. The lowest BCUT2D eigenvalue weighted by Gasteiger charge is -2.03. The van der Waals surface area contributed by atoms with Crippen molar-refractivity contribution in [2.24, 2.45) is 0 Å². The third-order valence-electron chi connectivity index (χ3n) is 0.980. The normalized spacial score (nSPS) is 13.9. The molecule has 1 radical (unpaired) electrons. The second-order valence-corrected chi connectivity index (χ2v) is 2.15. The molecule has 0 aliphatic carbocycles. The van der Waals surface area contributed by atoms with Gasteiger partial charge in [0.15, 0.2) is 0 Å². The van der Waals surface area contributed by atoms with Crippen molar-refractivity contribution in [3.63, 3.8) is 0 Å². The van der Waals surface area contributed by atoms with E-state index in [0.717, 1.165) is 12.8 Å². The zero-order chi connectivity index (χ0) is 6.41. The van der Waals surface area contributed by atoms with Gasteiger partial charge >= 0.3 is 0 Å². The first kappa shape index (κ1) is 8.25. The predicted molar refractivity (Wildman–Crippen MR) is 35.9 cm³/mol. The van der Waals surface area contributed by atoms with Gasteiger partial charge in [-0.3, -0.25) is 0 Å². The Hall–Kier alpha value is 0.250. The van der Waals surface area contributed by atoms with Crippen LogP contribution >= 0.6 is 11.6 Å². The van der Waals surface area contributed by atoms with Crippen LogP contribution in [-0.2, 0) is 0 Å². The van der Waals surface area contributed by atoms with Gasteiger partial charge in [0.2, 0.25) is 0 Å². The molecule has 0 saturated heterocycles. The van der Waals surface area contributed by atoms with E-state index >= 15 is 0 Å². The molecule has 0 fully saturated rings. The van der Waals surface area contributed by atoms with Crippen LogP contribution < -0.4 is 0 Å². The fourth-order valence-corrected chi connectivity index (χ4v) is 0.758. The number of hydrogen-bond donors (Lipinski definition) is 1. The fraction of sp³-hybridized carbons (Fsp3) is 0.833. The maximum absolute atomic E-state index is 8.92. The van der Waals surface area contributed by atoms with Crippen molar-refractivity contribution in [1.29, 1.82) is 0 Å². The summed E-state index contributed by atoms with van der Waals surface area (Å²) in [4.78, 5) is 0. The van der Waals surface area contributed by atoms with Gasteiger partial charge in [-0.25, -0.2) is 0 Å². The Kier molecular flexibility index (Phi) is 5.56. The predicted octanol–water partition coefficient (Wildman–Crippen LogP) is 1.59. The first-order valence-corrected chi connectivity index (χ1v) is 3.38. The smallest absolute Gasteiger partial charge is 0.0551 e. The maximum atomic E-state index is 8.92. The van der Waals surface area contributed by atoms with Gasteiger partial charge in [0.1, 0.15) is 0 Å². The Balaban J connectivity index is 2.92. The van der Waals surface area contributed by atoms with Gasteiger partial charge in [0.05, 0.1) is 6.10 Å². The third kappa shape index (κ3) is 4.41. The fourth-order valence-electron chi connectivity index (χ4n) is 0.506. The van der Waals surface area contributed by atoms with Crippen LogP contribution in [-0.4, -0.2) is 17.1 Å². The summed E-state index contributed by atoms with van der Waals surface area (Å²) in [6, 6.07) is 0. The summed E-state index contributed by atoms with van der Waals surface area (Å²) in [5.74, 6) is 0.543. The molecule has 0 aliphatic heterocycles. The van der Waals surface area contributed by atoms with E-state index in [1.807, 2.05) is 0 Å². The average molecular weight is 136 g/mol. The Labute approximate surface area is 55.7 Å². The quantitative estimate of drug-likeness (QED) is 0.581. The van der Waals surface area contributed by atoms with Gasteiger partial charge in [-0.05, 0) is 12.8 Å². The Morgan fingerprint density at radius 1 is 1.50 bits per heavy atom. The molecule has 0 aliphatic rings. The highest BCUT2D eigenvalue weighted by atomic mass is 35.5. The van der Waals surface area contributed by atoms with Crippen LogP contribution in [0.5, 0.6) is 0 Å². The van der Waals surface area contributed by atoms with Gasteiger partial charge in [0, 0.05) is 5.88 Å². The lowest BCUT2D eigenvalue weighted by molar-refractivity contribution is 0.162. The van der Waals surface area contributed by atoms with Crippen molar-refractivity contribution in [2.75, 3.05) is 5.88 Å². The third-order valence-corrected chi connectivity index (χ3v) is 1.20. The van der Waals surface area contributed by atoms with E-state index in [1.54, 1.807) is 0 Å². The van der Waals surface area contributed by atoms with Gasteiger partial charge in [-0.15, -0.1) is 11.6 Å². The molecule has 1 nitrogen and oxygen atoms in total. The summed E-state index contributed by atoms with van der Waals surface area (Å²) in [5.41, 5.74) is 0. The summed E-state index contributed by atoms with van der Waals surface area (Å²) in [6.07, 6.45) is 2.02. The number of halogens is 1. The monoisotopic (exact) mass is 135 g/mol. The summed E-state index contributed by atoms with van der Waals surface area (Å²) in [7, 11) is 0. The molecule has 0 aromatic rings. The number of alkyl halides is 1. The molecule has 0 spiro atoms. The van der Waals surface area contributed by atoms with Crippen LogP contribution in [0.3, 0.4) is 0 Å². The van der Waals surface area contributed by atoms with Crippen LogP contribution in [0.15, 0.2) is 0 Å². The molecule has 2 heteroatoms.